The molecular weight excluding hydrogens is 344 g/mol. The van der Waals surface area contributed by atoms with Crippen LogP contribution in [0.3, 0.4) is 0 Å². The number of nitrogens with zero attached hydrogens (tertiary/aromatic N) is 1. The van der Waals surface area contributed by atoms with Crippen LogP contribution in [-0.2, 0) is 10.2 Å². The molecule has 3 aromatic rings. The fourth-order valence-corrected chi connectivity index (χ4v) is 4.89. The summed E-state index contributed by atoms with van der Waals surface area (Å²) >= 11 is 0. The van der Waals surface area contributed by atoms with E-state index < -0.39 is 5.66 Å². The summed E-state index contributed by atoms with van der Waals surface area (Å²) in [6.07, 6.45) is 4.36. The van der Waals surface area contributed by atoms with E-state index in [1.165, 1.54) is 21.9 Å². The predicted octanol–water partition coefficient (Wildman–Crippen LogP) is 4.79. The number of aryl methyl sites for hydroxylation is 1. The standard InChI is InChI=1S/C25H24N2O/c1-17-11-12-22-21(15-17)24(2,3)25(26-23(28)16-27(22)25)14-13-19-9-6-8-18-7-4-5-10-20(18)19/h4-15H,16H2,1-3H3,(H,26,28)/b14-13+/t25-/m1/s1. The summed E-state index contributed by atoms with van der Waals surface area (Å²) in [5.41, 5.74) is 4.04. The van der Waals surface area contributed by atoms with Crippen molar-refractivity contribution in [3.8, 4) is 0 Å². The smallest absolute Gasteiger partial charge is 0.241 e. The Bertz CT molecular complexity index is 1140. The van der Waals surface area contributed by atoms with Crippen molar-refractivity contribution in [2.75, 3.05) is 11.4 Å². The van der Waals surface area contributed by atoms with Gasteiger partial charge in [0.05, 0.1) is 6.54 Å². The molecule has 2 aliphatic heterocycles. The minimum Gasteiger partial charge on any atom is -0.335 e. The Labute approximate surface area is 165 Å². The van der Waals surface area contributed by atoms with Gasteiger partial charge < -0.3 is 10.2 Å². The fraction of sp³-hybridized carbons (Fsp3) is 0.240. The molecule has 0 spiro atoms. The van der Waals surface area contributed by atoms with Crippen LogP contribution in [0.15, 0.2) is 66.7 Å². The summed E-state index contributed by atoms with van der Waals surface area (Å²) in [5.74, 6) is 0.0712. The number of rotatable bonds is 2. The molecule has 0 saturated carbocycles. The molecular formula is C25H24N2O. The summed E-state index contributed by atoms with van der Waals surface area (Å²) < 4.78 is 0. The van der Waals surface area contributed by atoms with Crippen LogP contribution >= 0.6 is 0 Å². The van der Waals surface area contributed by atoms with Gasteiger partial charge in [-0.05, 0) is 41.0 Å². The molecule has 0 radical (unpaired) electrons. The zero-order valence-electron chi connectivity index (χ0n) is 16.5. The van der Waals surface area contributed by atoms with Crippen LogP contribution in [0.5, 0.6) is 0 Å². The van der Waals surface area contributed by atoms with E-state index in [1.807, 2.05) is 0 Å². The summed E-state index contributed by atoms with van der Waals surface area (Å²) in [6.45, 7) is 6.96. The molecule has 1 atom stereocenters. The van der Waals surface area contributed by atoms with E-state index in [-0.39, 0.29) is 11.3 Å². The molecule has 2 aliphatic rings. The van der Waals surface area contributed by atoms with E-state index in [9.17, 15) is 4.79 Å². The first-order valence-electron chi connectivity index (χ1n) is 9.79. The monoisotopic (exact) mass is 368 g/mol. The van der Waals surface area contributed by atoms with Gasteiger partial charge in [0.2, 0.25) is 5.91 Å². The maximum Gasteiger partial charge on any atom is 0.241 e. The third-order valence-corrected chi connectivity index (χ3v) is 6.45. The highest BCUT2D eigenvalue weighted by atomic mass is 16.2. The van der Waals surface area contributed by atoms with Gasteiger partial charge in [-0.15, -0.1) is 0 Å². The van der Waals surface area contributed by atoms with Gasteiger partial charge in [0.15, 0.2) is 0 Å². The lowest BCUT2D eigenvalue weighted by molar-refractivity contribution is -0.118. The number of carbonyl (C=O) groups is 1. The number of amides is 1. The van der Waals surface area contributed by atoms with Gasteiger partial charge >= 0.3 is 0 Å². The third kappa shape index (κ3) is 2.19. The van der Waals surface area contributed by atoms with Crippen molar-refractivity contribution < 1.29 is 4.79 Å². The van der Waals surface area contributed by atoms with Gasteiger partial charge in [0.25, 0.3) is 0 Å². The Hall–Kier alpha value is -3.07. The normalized spacial score (nSPS) is 22.5. The molecule has 1 amide bonds. The number of hydrogen-bond donors (Lipinski definition) is 1. The molecule has 3 heteroatoms. The van der Waals surface area contributed by atoms with Crippen molar-refractivity contribution in [2.24, 2.45) is 0 Å². The average Bonchev–Trinajstić information content (AvgIpc) is 3.11. The minimum absolute atomic E-state index is 0.0712. The second kappa shape index (κ2) is 5.71. The number of anilines is 1. The van der Waals surface area contributed by atoms with Crippen molar-refractivity contribution >= 4 is 28.4 Å². The molecule has 28 heavy (non-hydrogen) atoms. The zero-order chi connectivity index (χ0) is 19.5. The van der Waals surface area contributed by atoms with Crippen LogP contribution in [0.1, 0.15) is 30.5 Å². The van der Waals surface area contributed by atoms with Crippen LogP contribution < -0.4 is 10.2 Å². The summed E-state index contributed by atoms with van der Waals surface area (Å²) in [4.78, 5) is 14.7. The van der Waals surface area contributed by atoms with Crippen LogP contribution in [-0.4, -0.2) is 18.1 Å². The van der Waals surface area contributed by atoms with Crippen molar-refractivity contribution in [3.63, 3.8) is 0 Å². The van der Waals surface area contributed by atoms with E-state index >= 15 is 0 Å². The van der Waals surface area contributed by atoms with Crippen molar-refractivity contribution in [3.05, 3.63) is 83.4 Å². The van der Waals surface area contributed by atoms with Crippen molar-refractivity contribution in [2.45, 2.75) is 31.8 Å². The van der Waals surface area contributed by atoms with Crippen molar-refractivity contribution in [1.82, 2.24) is 5.32 Å². The lowest BCUT2D eigenvalue weighted by Crippen LogP contribution is -2.58. The van der Waals surface area contributed by atoms with Gasteiger partial charge in [-0.1, -0.05) is 80.1 Å². The molecule has 0 unspecified atom stereocenters. The minimum atomic E-state index is -0.558. The van der Waals surface area contributed by atoms with Gasteiger partial charge in [0.1, 0.15) is 5.66 Å². The summed E-state index contributed by atoms with van der Waals surface area (Å²) in [7, 11) is 0. The Balaban J connectivity index is 1.67. The molecule has 3 aromatic carbocycles. The summed E-state index contributed by atoms with van der Waals surface area (Å²) in [6, 6.07) is 21.3. The van der Waals surface area contributed by atoms with Crippen LogP contribution in [0.4, 0.5) is 5.69 Å². The highest BCUT2D eigenvalue weighted by molar-refractivity contribution is 5.93. The Morgan fingerprint density at radius 2 is 1.82 bits per heavy atom. The topological polar surface area (TPSA) is 32.3 Å². The van der Waals surface area contributed by atoms with Gasteiger partial charge in [-0.2, -0.15) is 0 Å². The molecule has 2 heterocycles. The van der Waals surface area contributed by atoms with Crippen LogP contribution in [0.25, 0.3) is 16.8 Å². The van der Waals surface area contributed by atoms with Crippen LogP contribution in [0.2, 0.25) is 0 Å². The van der Waals surface area contributed by atoms with Gasteiger partial charge in [-0.25, -0.2) is 0 Å². The first kappa shape index (κ1) is 17.1. The molecule has 5 rings (SSSR count). The molecule has 1 N–H and O–H groups in total. The van der Waals surface area contributed by atoms with E-state index in [0.717, 1.165) is 11.3 Å². The Morgan fingerprint density at radius 1 is 1.04 bits per heavy atom. The number of hydrogen-bond acceptors (Lipinski definition) is 2. The van der Waals surface area contributed by atoms with Gasteiger partial charge in [-0.3, -0.25) is 4.79 Å². The maximum absolute atomic E-state index is 12.5. The number of fused-ring (bicyclic) bond motifs is 4. The first-order chi connectivity index (χ1) is 13.4. The quantitative estimate of drug-likeness (QED) is 0.706. The lowest BCUT2D eigenvalue weighted by atomic mass is 9.75. The predicted molar refractivity (Wildman–Crippen MR) is 115 cm³/mol. The number of carbonyl (C=O) groups excluding carboxylic acids is 1. The highest BCUT2D eigenvalue weighted by Crippen LogP contribution is 2.53. The Morgan fingerprint density at radius 3 is 2.68 bits per heavy atom. The largest absolute Gasteiger partial charge is 0.335 e. The van der Waals surface area contributed by atoms with Gasteiger partial charge in [0, 0.05) is 11.1 Å². The molecule has 3 nitrogen and oxygen atoms in total. The first-order valence-corrected chi connectivity index (χ1v) is 9.79. The fourth-order valence-electron chi connectivity index (χ4n) is 4.89. The number of benzene rings is 3. The Kier molecular flexibility index (Phi) is 3.48. The van der Waals surface area contributed by atoms with E-state index in [0.29, 0.717) is 6.54 Å². The molecule has 1 saturated heterocycles. The third-order valence-electron chi connectivity index (χ3n) is 6.45. The lowest BCUT2D eigenvalue weighted by Gasteiger charge is -2.40. The second-order valence-corrected chi connectivity index (χ2v) is 8.45. The number of nitrogens with one attached hydrogen (secondary N) is 1. The molecule has 1 fully saturated rings. The second-order valence-electron chi connectivity index (χ2n) is 8.45. The van der Waals surface area contributed by atoms with E-state index in [1.54, 1.807) is 0 Å². The van der Waals surface area contributed by atoms with Crippen molar-refractivity contribution in [1.29, 1.82) is 0 Å². The molecule has 0 aliphatic carbocycles. The zero-order valence-corrected chi connectivity index (χ0v) is 16.5. The SMILES string of the molecule is Cc1ccc2c(c1)C(C)(C)[C@]1(/C=C/c3cccc4ccccc34)NC(=O)CN21. The average molecular weight is 368 g/mol. The molecule has 0 bridgehead atoms. The molecule has 0 aromatic heterocycles. The maximum atomic E-state index is 12.5. The van der Waals surface area contributed by atoms with Crippen LogP contribution in [0, 0.1) is 6.92 Å². The summed E-state index contributed by atoms with van der Waals surface area (Å²) in [5, 5.41) is 5.75. The highest BCUT2D eigenvalue weighted by Gasteiger charge is 2.59. The van der Waals surface area contributed by atoms with E-state index in [4.69, 9.17) is 0 Å². The van der Waals surface area contributed by atoms with E-state index in [2.05, 4.69) is 104 Å². The molecule has 140 valence electrons.